The first-order chi connectivity index (χ1) is 10.5. The topological polar surface area (TPSA) is 46.1 Å². The molecule has 1 aromatic carbocycles. The molecular formula is C17H18BrN3O. The van der Waals surface area contributed by atoms with E-state index in [4.69, 9.17) is 0 Å². The van der Waals surface area contributed by atoms with E-state index in [-0.39, 0.29) is 11.8 Å². The minimum atomic E-state index is -0.0343. The van der Waals surface area contributed by atoms with Crippen molar-refractivity contribution in [2.24, 2.45) is 5.92 Å². The summed E-state index contributed by atoms with van der Waals surface area (Å²) in [5.41, 5.74) is 3.16. The van der Waals surface area contributed by atoms with Crippen molar-refractivity contribution in [3.63, 3.8) is 0 Å². The molecule has 0 aliphatic carbocycles. The van der Waals surface area contributed by atoms with E-state index in [1.807, 2.05) is 45.0 Å². The Hall–Kier alpha value is -1.75. The zero-order valence-corrected chi connectivity index (χ0v) is 14.5. The Bertz CT molecular complexity index is 727. The second kappa shape index (κ2) is 5.80. The summed E-state index contributed by atoms with van der Waals surface area (Å²) in [6, 6.07) is 8.03. The Kier molecular flexibility index (Phi) is 4.00. The van der Waals surface area contributed by atoms with E-state index in [0.717, 1.165) is 33.5 Å². The molecule has 1 atom stereocenters. The van der Waals surface area contributed by atoms with Crippen LogP contribution < -0.4 is 4.90 Å². The van der Waals surface area contributed by atoms with Crippen molar-refractivity contribution in [1.29, 1.82) is 0 Å². The van der Waals surface area contributed by atoms with E-state index in [2.05, 4.69) is 25.9 Å². The van der Waals surface area contributed by atoms with Gasteiger partial charge in [0.05, 0.1) is 6.54 Å². The predicted molar refractivity (Wildman–Crippen MR) is 89.7 cm³/mol. The van der Waals surface area contributed by atoms with Crippen LogP contribution in [0.25, 0.3) is 0 Å². The second-order valence-electron chi connectivity index (χ2n) is 5.81. The number of carbonyl (C=O) groups excluding carboxylic acids is 1. The average molecular weight is 360 g/mol. The summed E-state index contributed by atoms with van der Waals surface area (Å²) in [4.78, 5) is 23.4. The largest absolute Gasteiger partial charge is 0.292 e. The summed E-state index contributed by atoms with van der Waals surface area (Å²) in [6.45, 7) is 6.37. The normalized spacial score (nSPS) is 17.5. The average Bonchev–Trinajstić information content (AvgIpc) is 2.47. The first-order valence-corrected chi connectivity index (χ1v) is 8.15. The maximum atomic E-state index is 12.6. The number of halogens is 1. The zero-order valence-electron chi connectivity index (χ0n) is 12.9. The fourth-order valence-electron chi connectivity index (χ4n) is 2.87. The number of aryl methyl sites for hydroxylation is 2. The van der Waals surface area contributed by atoms with Gasteiger partial charge in [0.2, 0.25) is 5.91 Å². The van der Waals surface area contributed by atoms with E-state index in [0.29, 0.717) is 12.4 Å². The molecule has 1 unspecified atom stereocenters. The maximum absolute atomic E-state index is 12.6. The lowest BCUT2D eigenvalue weighted by Gasteiger charge is -2.32. The minimum absolute atomic E-state index is 0.0343. The second-order valence-corrected chi connectivity index (χ2v) is 6.73. The number of amides is 1. The summed E-state index contributed by atoms with van der Waals surface area (Å²) < 4.78 is 1.03. The molecule has 3 rings (SSSR count). The summed E-state index contributed by atoms with van der Waals surface area (Å²) in [6.07, 6.45) is 0.719. The molecule has 1 aromatic heterocycles. The predicted octanol–water partition coefficient (Wildman–Crippen LogP) is 3.58. The summed E-state index contributed by atoms with van der Waals surface area (Å²) in [5.74, 6) is 1.58. The van der Waals surface area contributed by atoms with Gasteiger partial charge >= 0.3 is 0 Å². The fourth-order valence-corrected chi connectivity index (χ4v) is 3.13. The van der Waals surface area contributed by atoms with E-state index in [9.17, 15) is 4.79 Å². The van der Waals surface area contributed by atoms with Gasteiger partial charge in [0, 0.05) is 21.6 Å². The Morgan fingerprint density at radius 3 is 2.59 bits per heavy atom. The number of anilines is 1. The molecule has 0 spiro atoms. The van der Waals surface area contributed by atoms with Crippen LogP contribution in [0.3, 0.4) is 0 Å². The number of hydrogen-bond donors (Lipinski definition) is 0. The molecule has 4 nitrogen and oxygen atoms in total. The highest BCUT2D eigenvalue weighted by Crippen LogP contribution is 2.31. The van der Waals surface area contributed by atoms with Crippen molar-refractivity contribution >= 4 is 27.7 Å². The van der Waals surface area contributed by atoms with E-state index < -0.39 is 0 Å². The number of carbonyl (C=O) groups is 1. The van der Waals surface area contributed by atoms with E-state index in [1.165, 1.54) is 0 Å². The van der Waals surface area contributed by atoms with Gasteiger partial charge < -0.3 is 0 Å². The van der Waals surface area contributed by atoms with Crippen molar-refractivity contribution in [2.75, 3.05) is 4.90 Å². The van der Waals surface area contributed by atoms with Crippen LogP contribution in [0.1, 0.15) is 29.6 Å². The highest BCUT2D eigenvalue weighted by Gasteiger charge is 2.32. The minimum Gasteiger partial charge on any atom is -0.292 e. The molecule has 0 radical (unpaired) electrons. The summed E-state index contributed by atoms with van der Waals surface area (Å²) in [5, 5.41) is 0. The summed E-state index contributed by atoms with van der Waals surface area (Å²) in [7, 11) is 0. The van der Waals surface area contributed by atoms with Crippen LogP contribution in [0.4, 0.5) is 5.82 Å². The Labute approximate surface area is 138 Å². The van der Waals surface area contributed by atoms with E-state index >= 15 is 0 Å². The van der Waals surface area contributed by atoms with Gasteiger partial charge in [0.15, 0.2) is 0 Å². The number of benzene rings is 1. The highest BCUT2D eigenvalue weighted by atomic mass is 79.9. The lowest BCUT2D eigenvalue weighted by Crippen LogP contribution is -2.41. The molecule has 0 N–H and O–H groups in total. The first-order valence-electron chi connectivity index (χ1n) is 7.35. The molecule has 0 bridgehead atoms. The summed E-state index contributed by atoms with van der Waals surface area (Å²) >= 11 is 3.44. The molecule has 1 aliphatic heterocycles. The van der Waals surface area contributed by atoms with Gasteiger partial charge in [-0.1, -0.05) is 35.0 Å². The van der Waals surface area contributed by atoms with Gasteiger partial charge in [0.1, 0.15) is 11.6 Å². The third-order valence-corrected chi connectivity index (χ3v) is 4.54. The molecule has 22 heavy (non-hydrogen) atoms. The molecule has 0 saturated heterocycles. The molecular weight excluding hydrogens is 342 g/mol. The van der Waals surface area contributed by atoms with Crippen LogP contribution in [0.5, 0.6) is 0 Å². The van der Waals surface area contributed by atoms with Crippen molar-refractivity contribution < 1.29 is 4.79 Å². The smallest absolute Gasteiger partial charge is 0.231 e. The van der Waals surface area contributed by atoms with E-state index in [1.54, 1.807) is 4.90 Å². The van der Waals surface area contributed by atoms with Gasteiger partial charge in [-0.3, -0.25) is 9.69 Å². The third-order valence-electron chi connectivity index (χ3n) is 4.01. The van der Waals surface area contributed by atoms with Crippen molar-refractivity contribution in [3.8, 4) is 0 Å². The van der Waals surface area contributed by atoms with Crippen molar-refractivity contribution in [2.45, 2.75) is 33.7 Å². The van der Waals surface area contributed by atoms with Gasteiger partial charge in [-0.05, 0) is 38.0 Å². The molecule has 114 valence electrons. The Balaban J connectivity index is 2.03. The lowest BCUT2D eigenvalue weighted by atomic mass is 9.94. The van der Waals surface area contributed by atoms with Crippen molar-refractivity contribution in [3.05, 3.63) is 51.4 Å². The van der Waals surface area contributed by atoms with Crippen LogP contribution in [-0.2, 0) is 17.8 Å². The standard InChI is InChI=1S/C17H18BrN3O/c1-10-8-15-11(2)19-12(3)20-16(15)21(17(10)22)9-13-4-6-14(18)7-5-13/h4-7,10H,8-9H2,1-3H3. The molecule has 0 fully saturated rings. The van der Waals surface area contributed by atoms with Gasteiger partial charge in [-0.2, -0.15) is 0 Å². The Morgan fingerprint density at radius 2 is 1.91 bits per heavy atom. The maximum Gasteiger partial charge on any atom is 0.231 e. The number of hydrogen-bond acceptors (Lipinski definition) is 3. The van der Waals surface area contributed by atoms with Crippen LogP contribution >= 0.6 is 15.9 Å². The lowest BCUT2D eigenvalue weighted by molar-refractivity contribution is -0.122. The van der Waals surface area contributed by atoms with Gasteiger partial charge in [-0.15, -0.1) is 0 Å². The molecule has 1 aliphatic rings. The van der Waals surface area contributed by atoms with Gasteiger partial charge in [-0.25, -0.2) is 9.97 Å². The number of nitrogens with zero attached hydrogens (tertiary/aromatic N) is 3. The van der Waals surface area contributed by atoms with Crippen LogP contribution in [0, 0.1) is 19.8 Å². The molecule has 2 aromatic rings. The first kappa shape index (κ1) is 15.2. The van der Waals surface area contributed by atoms with Crippen LogP contribution in [0.15, 0.2) is 28.7 Å². The number of rotatable bonds is 2. The number of aromatic nitrogens is 2. The van der Waals surface area contributed by atoms with Gasteiger partial charge in [0.25, 0.3) is 0 Å². The molecule has 5 heteroatoms. The monoisotopic (exact) mass is 359 g/mol. The van der Waals surface area contributed by atoms with Crippen molar-refractivity contribution in [1.82, 2.24) is 9.97 Å². The molecule has 2 heterocycles. The third kappa shape index (κ3) is 2.77. The van der Waals surface area contributed by atoms with Crippen LogP contribution in [-0.4, -0.2) is 15.9 Å². The molecule has 1 amide bonds. The SMILES string of the molecule is Cc1nc(C)c2c(n1)N(Cc1ccc(Br)cc1)C(=O)C(C)C2. The number of fused-ring (bicyclic) bond motifs is 1. The highest BCUT2D eigenvalue weighted by molar-refractivity contribution is 9.10. The van der Waals surface area contributed by atoms with Crippen LogP contribution in [0.2, 0.25) is 0 Å². The fraction of sp³-hybridized carbons (Fsp3) is 0.353. The quantitative estimate of drug-likeness (QED) is 0.822. The zero-order chi connectivity index (χ0) is 15.9. The Morgan fingerprint density at radius 1 is 1.23 bits per heavy atom. The molecule has 0 saturated carbocycles.